The number of benzene rings is 2. The lowest BCUT2D eigenvalue weighted by molar-refractivity contribution is -0.123. The molecule has 32 heavy (non-hydrogen) atoms. The van der Waals surface area contributed by atoms with E-state index >= 15 is 0 Å². The molecule has 5 rings (SSSR count). The summed E-state index contributed by atoms with van der Waals surface area (Å²) in [6.07, 6.45) is 0. The molecule has 0 N–H and O–H groups in total. The van der Waals surface area contributed by atoms with Gasteiger partial charge in [-0.15, -0.1) is 0 Å². The van der Waals surface area contributed by atoms with Crippen molar-refractivity contribution in [3.63, 3.8) is 0 Å². The molecule has 10 nitrogen and oxygen atoms in total. The minimum absolute atomic E-state index is 0.0691. The molecule has 2 aromatic carbocycles. The fourth-order valence-corrected chi connectivity index (χ4v) is 3.83. The summed E-state index contributed by atoms with van der Waals surface area (Å²) in [5, 5.41) is 13.5. The van der Waals surface area contributed by atoms with Gasteiger partial charge in [0, 0.05) is 5.56 Å². The maximum Gasteiger partial charge on any atom is 0.263 e. The Balaban J connectivity index is 1.34. The van der Waals surface area contributed by atoms with Gasteiger partial charge in [0.25, 0.3) is 11.8 Å². The predicted octanol–water partition coefficient (Wildman–Crippen LogP) is 2.94. The molecule has 1 saturated heterocycles. The first-order chi connectivity index (χ1) is 15.5. The van der Waals surface area contributed by atoms with Crippen LogP contribution in [0.1, 0.15) is 18.4 Å². The van der Waals surface area contributed by atoms with Crippen LogP contribution in [0.3, 0.4) is 0 Å². The maximum atomic E-state index is 13.1. The SMILES string of the molecule is CCOc1ccc(N2C(=O)[C@@H]3N=NN(Cc4nc(-c5cccc(C)c5)no4)[C@H]3C2=O)cc1. The highest BCUT2D eigenvalue weighted by Crippen LogP contribution is 2.33. The Labute approximate surface area is 183 Å². The number of carbonyl (C=O) groups excluding carboxylic acids is 2. The molecule has 0 unspecified atom stereocenters. The zero-order valence-electron chi connectivity index (χ0n) is 17.5. The number of aryl methyl sites for hydroxylation is 1. The van der Waals surface area contributed by atoms with E-state index in [-0.39, 0.29) is 12.4 Å². The van der Waals surface area contributed by atoms with Crippen molar-refractivity contribution in [2.45, 2.75) is 32.5 Å². The Hall–Kier alpha value is -4.08. The molecule has 3 aromatic rings. The molecule has 0 saturated carbocycles. The lowest BCUT2D eigenvalue weighted by Gasteiger charge is -2.19. The average molecular weight is 432 g/mol. The van der Waals surface area contributed by atoms with Gasteiger partial charge in [-0.1, -0.05) is 34.1 Å². The second-order valence-electron chi connectivity index (χ2n) is 7.51. The van der Waals surface area contributed by atoms with Gasteiger partial charge in [-0.2, -0.15) is 10.1 Å². The minimum Gasteiger partial charge on any atom is -0.494 e. The largest absolute Gasteiger partial charge is 0.494 e. The van der Waals surface area contributed by atoms with E-state index in [2.05, 4.69) is 20.5 Å². The zero-order chi connectivity index (χ0) is 22.2. The average Bonchev–Trinajstić information content (AvgIpc) is 3.48. The summed E-state index contributed by atoms with van der Waals surface area (Å²) in [5.74, 6) is 0.578. The van der Waals surface area contributed by atoms with Crippen LogP contribution in [0.4, 0.5) is 5.69 Å². The molecular weight excluding hydrogens is 412 g/mol. The second-order valence-corrected chi connectivity index (χ2v) is 7.51. The Bertz CT molecular complexity index is 1210. The molecule has 3 heterocycles. The zero-order valence-corrected chi connectivity index (χ0v) is 17.5. The number of ether oxygens (including phenoxy) is 1. The van der Waals surface area contributed by atoms with Crippen molar-refractivity contribution < 1.29 is 18.8 Å². The monoisotopic (exact) mass is 432 g/mol. The van der Waals surface area contributed by atoms with Crippen LogP contribution in [0.2, 0.25) is 0 Å². The number of fused-ring (bicyclic) bond motifs is 1. The van der Waals surface area contributed by atoms with Crippen molar-refractivity contribution in [3.05, 3.63) is 60.0 Å². The van der Waals surface area contributed by atoms with Crippen molar-refractivity contribution in [1.82, 2.24) is 15.1 Å². The standard InChI is InChI=1S/C22H20N6O4/c1-3-31-16-9-7-15(8-10-16)28-21(29)18-19(22(28)30)27(26-24-18)12-17-23-20(25-32-17)14-6-4-5-13(2)11-14/h4-11,18-19H,3,12H2,1-2H3/t18-,19-/m1/s1. The van der Waals surface area contributed by atoms with Gasteiger partial charge >= 0.3 is 0 Å². The molecule has 1 aromatic heterocycles. The number of rotatable bonds is 6. The van der Waals surface area contributed by atoms with Crippen molar-refractivity contribution in [1.29, 1.82) is 0 Å². The van der Waals surface area contributed by atoms with Crippen LogP contribution < -0.4 is 9.64 Å². The third-order valence-electron chi connectivity index (χ3n) is 5.31. The van der Waals surface area contributed by atoms with Crippen molar-refractivity contribution >= 4 is 17.5 Å². The second kappa shape index (κ2) is 7.88. The molecule has 0 radical (unpaired) electrons. The van der Waals surface area contributed by atoms with Crippen LogP contribution in [0.5, 0.6) is 5.75 Å². The summed E-state index contributed by atoms with van der Waals surface area (Å²) in [6.45, 7) is 4.46. The van der Waals surface area contributed by atoms with E-state index in [1.807, 2.05) is 38.1 Å². The number of amides is 2. The summed E-state index contributed by atoms with van der Waals surface area (Å²) in [7, 11) is 0. The maximum absolute atomic E-state index is 13.1. The van der Waals surface area contributed by atoms with Gasteiger partial charge < -0.3 is 9.26 Å². The van der Waals surface area contributed by atoms with E-state index in [1.54, 1.807) is 24.3 Å². The summed E-state index contributed by atoms with van der Waals surface area (Å²) >= 11 is 0. The highest BCUT2D eigenvalue weighted by molar-refractivity contribution is 6.25. The summed E-state index contributed by atoms with van der Waals surface area (Å²) in [5.41, 5.74) is 2.37. The molecule has 2 amide bonds. The van der Waals surface area contributed by atoms with Crippen molar-refractivity contribution in [3.8, 4) is 17.1 Å². The van der Waals surface area contributed by atoms with Crippen LogP contribution in [0.15, 0.2) is 63.4 Å². The Morgan fingerprint density at radius 1 is 1.09 bits per heavy atom. The van der Waals surface area contributed by atoms with Gasteiger partial charge in [-0.3, -0.25) is 14.6 Å². The lowest BCUT2D eigenvalue weighted by Crippen LogP contribution is -2.39. The van der Waals surface area contributed by atoms with Crippen LogP contribution >= 0.6 is 0 Å². The quantitative estimate of drug-likeness (QED) is 0.550. The number of hydrogen-bond acceptors (Lipinski definition) is 9. The van der Waals surface area contributed by atoms with Crippen molar-refractivity contribution in [2.24, 2.45) is 10.3 Å². The molecule has 2 aliphatic rings. The summed E-state index contributed by atoms with van der Waals surface area (Å²) in [6, 6.07) is 12.8. The molecular formula is C22H20N6O4. The fraction of sp³-hybridized carbons (Fsp3) is 0.273. The number of hydrogen-bond donors (Lipinski definition) is 0. The fourth-order valence-electron chi connectivity index (χ4n) is 3.83. The van der Waals surface area contributed by atoms with Crippen LogP contribution in [0, 0.1) is 6.92 Å². The number of anilines is 1. The first kappa shape index (κ1) is 19.9. The van der Waals surface area contributed by atoms with Gasteiger partial charge in [-0.05, 0) is 44.2 Å². The molecule has 10 heteroatoms. The molecule has 0 aliphatic carbocycles. The molecule has 0 bridgehead atoms. The van der Waals surface area contributed by atoms with Gasteiger partial charge in [0.2, 0.25) is 11.7 Å². The van der Waals surface area contributed by atoms with Crippen LogP contribution in [0.25, 0.3) is 11.4 Å². The van der Waals surface area contributed by atoms with E-state index in [9.17, 15) is 9.59 Å². The van der Waals surface area contributed by atoms with Gasteiger partial charge in [0.1, 0.15) is 12.3 Å². The number of aromatic nitrogens is 2. The van der Waals surface area contributed by atoms with E-state index in [0.29, 0.717) is 23.9 Å². The van der Waals surface area contributed by atoms with Crippen LogP contribution in [-0.4, -0.2) is 45.7 Å². The molecule has 162 valence electrons. The van der Waals surface area contributed by atoms with Gasteiger partial charge in [0.05, 0.1) is 12.3 Å². The Kier molecular flexibility index (Phi) is 4.89. The predicted molar refractivity (Wildman–Crippen MR) is 113 cm³/mol. The minimum atomic E-state index is -0.895. The lowest BCUT2D eigenvalue weighted by atomic mass is 10.1. The van der Waals surface area contributed by atoms with Gasteiger partial charge in [0.15, 0.2) is 12.1 Å². The van der Waals surface area contributed by atoms with E-state index in [0.717, 1.165) is 16.0 Å². The van der Waals surface area contributed by atoms with E-state index in [1.165, 1.54) is 5.01 Å². The highest BCUT2D eigenvalue weighted by atomic mass is 16.5. The highest BCUT2D eigenvalue weighted by Gasteiger charge is 2.55. The third-order valence-corrected chi connectivity index (χ3v) is 5.31. The van der Waals surface area contributed by atoms with Crippen molar-refractivity contribution in [2.75, 3.05) is 11.5 Å². The molecule has 1 fully saturated rings. The first-order valence-electron chi connectivity index (χ1n) is 10.2. The van der Waals surface area contributed by atoms with Crippen LogP contribution in [-0.2, 0) is 16.1 Å². The number of nitrogens with zero attached hydrogens (tertiary/aromatic N) is 6. The smallest absolute Gasteiger partial charge is 0.263 e. The summed E-state index contributed by atoms with van der Waals surface area (Å²) < 4.78 is 10.8. The third kappa shape index (κ3) is 3.39. The number of imide groups is 1. The molecule has 0 spiro atoms. The molecule has 2 atom stereocenters. The van der Waals surface area contributed by atoms with Gasteiger partial charge in [-0.25, -0.2) is 4.90 Å². The van der Waals surface area contributed by atoms with E-state index < -0.39 is 23.9 Å². The normalized spacial score (nSPS) is 19.7. The Morgan fingerprint density at radius 2 is 1.91 bits per heavy atom. The molecule has 2 aliphatic heterocycles. The number of carbonyl (C=O) groups is 2. The van der Waals surface area contributed by atoms with E-state index in [4.69, 9.17) is 9.26 Å². The first-order valence-corrected chi connectivity index (χ1v) is 10.2. The topological polar surface area (TPSA) is 113 Å². The summed E-state index contributed by atoms with van der Waals surface area (Å²) in [4.78, 5) is 31.5. The Morgan fingerprint density at radius 3 is 2.66 bits per heavy atom.